The van der Waals surface area contributed by atoms with Crippen LogP contribution in [0.2, 0.25) is 0 Å². The van der Waals surface area contributed by atoms with Crippen molar-refractivity contribution >= 4 is 16.0 Å². The van der Waals surface area contributed by atoms with Crippen LogP contribution in [0.5, 0.6) is 0 Å². The average Bonchev–Trinajstić information content (AvgIpc) is 2.92. The van der Waals surface area contributed by atoms with Gasteiger partial charge in [-0.15, -0.1) is 5.06 Å². The van der Waals surface area contributed by atoms with Gasteiger partial charge in [-0.2, -0.15) is 5.10 Å². The molecule has 2 aromatic rings. The summed E-state index contributed by atoms with van der Waals surface area (Å²) in [5, 5.41) is 10.2. The van der Waals surface area contributed by atoms with Crippen molar-refractivity contribution in [2.24, 2.45) is 5.14 Å². The smallest absolute Gasteiger partial charge is 0.357 e. The van der Waals surface area contributed by atoms with Crippen LogP contribution in [0.1, 0.15) is 16.4 Å². The van der Waals surface area contributed by atoms with Gasteiger partial charge in [0.05, 0.1) is 24.7 Å². The highest BCUT2D eigenvalue weighted by atomic mass is 32.2. The Morgan fingerprint density at radius 2 is 1.91 bits per heavy atom. The number of rotatable bonds is 4. The quantitative estimate of drug-likeness (QED) is 0.859. The molecule has 1 fully saturated rings. The summed E-state index contributed by atoms with van der Waals surface area (Å²) < 4.78 is 23.8. The first-order valence-electron chi connectivity index (χ1n) is 6.54. The van der Waals surface area contributed by atoms with Gasteiger partial charge in [-0.25, -0.2) is 18.4 Å². The van der Waals surface area contributed by atoms with Crippen molar-refractivity contribution in [3.63, 3.8) is 0 Å². The zero-order valence-corrected chi connectivity index (χ0v) is 12.3. The van der Waals surface area contributed by atoms with Crippen LogP contribution in [0.25, 0.3) is 0 Å². The van der Waals surface area contributed by atoms with Crippen molar-refractivity contribution in [1.82, 2.24) is 14.8 Å². The molecule has 9 heteroatoms. The van der Waals surface area contributed by atoms with Crippen LogP contribution >= 0.6 is 0 Å². The Morgan fingerprint density at radius 1 is 1.23 bits per heavy atom. The number of sulfonamides is 1. The molecule has 1 aromatic carbocycles. The fourth-order valence-electron chi connectivity index (χ4n) is 2.08. The first-order valence-corrected chi connectivity index (χ1v) is 8.08. The number of carbonyl (C=O) groups is 1. The highest BCUT2D eigenvalue weighted by Crippen LogP contribution is 2.22. The third kappa shape index (κ3) is 3.01. The Bertz CT molecular complexity index is 781. The maximum Gasteiger partial charge on any atom is 0.357 e. The van der Waals surface area contributed by atoms with Gasteiger partial charge in [0.25, 0.3) is 10.0 Å². The Morgan fingerprint density at radius 3 is 2.50 bits per heavy atom. The Kier molecular flexibility index (Phi) is 3.69. The van der Waals surface area contributed by atoms with E-state index in [1.807, 2.05) is 6.07 Å². The van der Waals surface area contributed by atoms with Crippen molar-refractivity contribution in [2.75, 3.05) is 13.1 Å². The highest BCUT2D eigenvalue weighted by molar-refractivity contribution is 7.89. The standard InChI is InChI=1S/C13H14N4O4S/c14-22(19,20)12-6-7-17(15-12)11-8-16(9-11)21-13(18)10-4-2-1-3-5-10/h1-7,11H,8-9H2,(H2,14,19,20). The lowest BCUT2D eigenvalue weighted by Gasteiger charge is -2.36. The molecule has 1 aliphatic rings. The maximum absolute atomic E-state index is 11.8. The molecule has 0 unspecified atom stereocenters. The minimum atomic E-state index is -3.80. The Balaban J connectivity index is 1.56. The van der Waals surface area contributed by atoms with Gasteiger partial charge in [0.2, 0.25) is 0 Å². The first-order chi connectivity index (χ1) is 10.4. The fraction of sp³-hybridized carbons (Fsp3) is 0.231. The molecule has 0 aliphatic carbocycles. The van der Waals surface area contributed by atoms with Crippen molar-refractivity contribution in [2.45, 2.75) is 11.1 Å². The molecule has 0 bridgehead atoms. The number of hydrogen-bond acceptors (Lipinski definition) is 6. The molecular formula is C13H14N4O4S. The number of nitrogens with two attached hydrogens (primary N) is 1. The molecule has 0 radical (unpaired) electrons. The van der Waals surface area contributed by atoms with Gasteiger partial charge in [-0.3, -0.25) is 4.68 Å². The second-order valence-corrected chi connectivity index (χ2v) is 6.43. The third-order valence-electron chi connectivity index (χ3n) is 3.30. The zero-order chi connectivity index (χ0) is 15.7. The van der Waals surface area contributed by atoms with Crippen molar-refractivity contribution in [1.29, 1.82) is 0 Å². The van der Waals surface area contributed by atoms with Crippen LogP contribution in [0.15, 0.2) is 47.6 Å². The SMILES string of the molecule is NS(=O)(=O)c1ccn(C2CN(OC(=O)c3ccccc3)C2)n1. The van der Waals surface area contributed by atoms with E-state index in [0.717, 1.165) is 0 Å². The summed E-state index contributed by atoms with van der Waals surface area (Å²) in [6.45, 7) is 0.870. The molecule has 116 valence electrons. The molecule has 22 heavy (non-hydrogen) atoms. The Hall–Kier alpha value is -2.23. The molecule has 0 amide bonds. The minimum Gasteiger partial charge on any atom is -0.364 e. The predicted octanol–water partition coefficient (Wildman–Crippen LogP) is 0.159. The number of hydroxylamine groups is 2. The summed E-state index contributed by atoms with van der Waals surface area (Å²) in [6.07, 6.45) is 1.54. The molecule has 1 saturated heterocycles. The zero-order valence-electron chi connectivity index (χ0n) is 11.5. The van der Waals surface area contributed by atoms with Crippen LogP contribution in [-0.4, -0.2) is 42.3 Å². The topological polar surface area (TPSA) is 108 Å². The second kappa shape index (κ2) is 5.52. The average molecular weight is 322 g/mol. The monoisotopic (exact) mass is 322 g/mol. The third-order valence-corrected chi connectivity index (χ3v) is 4.10. The van der Waals surface area contributed by atoms with Gasteiger partial charge in [0.1, 0.15) is 0 Å². The lowest BCUT2D eigenvalue weighted by Crippen LogP contribution is -2.48. The van der Waals surface area contributed by atoms with E-state index in [0.29, 0.717) is 18.7 Å². The second-order valence-electron chi connectivity index (χ2n) is 4.92. The molecule has 1 aromatic heterocycles. The molecule has 0 atom stereocenters. The molecular weight excluding hydrogens is 308 g/mol. The lowest BCUT2D eigenvalue weighted by atomic mass is 10.2. The van der Waals surface area contributed by atoms with Crippen LogP contribution in [-0.2, 0) is 14.9 Å². The summed E-state index contributed by atoms with van der Waals surface area (Å²) in [5.74, 6) is -0.426. The van der Waals surface area contributed by atoms with E-state index < -0.39 is 16.0 Å². The molecule has 0 saturated carbocycles. The van der Waals surface area contributed by atoms with Gasteiger partial charge >= 0.3 is 5.97 Å². The molecule has 1 aliphatic heterocycles. The molecule has 2 heterocycles. The van der Waals surface area contributed by atoms with Crippen molar-refractivity contribution < 1.29 is 18.0 Å². The number of primary sulfonamides is 1. The van der Waals surface area contributed by atoms with E-state index in [9.17, 15) is 13.2 Å². The predicted molar refractivity (Wildman–Crippen MR) is 76.1 cm³/mol. The largest absolute Gasteiger partial charge is 0.364 e. The van der Waals surface area contributed by atoms with E-state index in [1.54, 1.807) is 30.5 Å². The van der Waals surface area contributed by atoms with Gasteiger partial charge < -0.3 is 4.84 Å². The highest BCUT2D eigenvalue weighted by Gasteiger charge is 2.32. The molecule has 2 N–H and O–H groups in total. The van der Waals surface area contributed by atoms with E-state index >= 15 is 0 Å². The summed E-state index contributed by atoms with van der Waals surface area (Å²) in [6, 6.07) is 9.96. The van der Waals surface area contributed by atoms with E-state index in [1.165, 1.54) is 15.8 Å². The number of hydrogen-bond donors (Lipinski definition) is 1. The van der Waals surface area contributed by atoms with E-state index in [2.05, 4.69) is 5.10 Å². The first kappa shape index (κ1) is 14.7. The summed E-state index contributed by atoms with van der Waals surface area (Å²) in [4.78, 5) is 17.1. The van der Waals surface area contributed by atoms with Gasteiger partial charge in [0.15, 0.2) is 5.03 Å². The van der Waals surface area contributed by atoms with Gasteiger partial charge in [-0.1, -0.05) is 18.2 Å². The van der Waals surface area contributed by atoms with Crippen LogP contribution in [0.4, 0.5) is 0 Å². The van der Waals surface area contributed by atoms with E-state index in [-0.39, 0.29) is 11.1 Å². The Labute approximate surface area is 127 Å². The lowest BCUT2D eigenvalue weighted by molar-refractivity contribution is -0.170. The summed E-state index contributed by atoms with van der Waals surface area (Å²) in [5.41, 5.74) is 0.474. The number of benzene rings is 1. The van der Waals surface area contributed by atoms with Crippen LogP contribution < -0.4 is 5.14 Å². The number of aromatic nitrogens is 2. The molecule has 8 nitrogen and oxygen atoms in total. The van der Waals surface area contributed by atoms with Crippen LogP contribution in [0.3, 0.4) is 0 Å². The minimum absolute atomic E-state index is 0.0564. The number of carbonyl (C=O) groups excluding carboxylic acids is 1. The van der Waals surface area contributed by atoms with Crippen LogP contribution in [0, 0.1) is 0 Å². The molecule has 3 rings (SSSR count). The normalized spacial score (nSPS) is 16.2. The maximum atomic E-state index is 11.8. The summed E-state index contributed by atoms with van der Waals surface area (Å²) >= 11 is 0. The van der Waals surface area contributed by atoms with Crippen molar-refractivity contribution in [3.05, 3.63) is 48.2 Å². The van der Waals surface area contributed by atoms with Gasteiger partial charge in [-0.05, 0) is 18.2 Å². The van der Waals surface area contributed by atoms with E-state index in [4.69, 9.17) is 9.98 Å². The fourth-order valence-corrected chi connectivity index (χ4v) is 2.54. The van der Waals surface area contributed by atoms with Gasteiger partial charge in [0, 0.05) is 6.20 Å². The number of nitrogens with zero attached hydrogens (tertiary/aromatic N) is 3. The summed E-state index contributed by atoms with van der Waals surface area (Å²) in [7, 11) is -3.80. The van der Waals surface area contributed by atoms with Crippen molar-refractivity contribution in [3.8, 4) is 0 Å². The molecule has 0 spiro atoms.